The van der Waals surface area contributed by atoms with Crippen molar-refractivity contribution in [2.75, 3.05) is 17.4 Å². The maximum absolute atomic E-state index is 13.2. The van der Waals surface area contributed by atoms with Crippen molar-refractivity contribution in [3.63, 3.8) is 0 Å². The summed E-state index contributed by atoms with van der Waals surface area (Å²) in [6.45, 7) is 5.35. The predicted octanol–water partition coefficient (Wildman–Crippen LogP) is 3.41. The molecule has 0 saturated heterocycles. The van der Waals surface area contributed by atoms with Gasteiger partial charge in [0.1, 0.15) is 0 Å². The molecule has 0 bridgehead atoms. The number of benzene rings is 2. The first kappa shape index (κ1) is 20.8. The van der Waals surface area contributed by atoms with Crippen LogP contribution in [0.5, 0.6) is 11.5 Å². The second-order valence-electron chi connectivity index (χ2n) is 7.16. The number of hydrogen-bond donors (Lipinski definition) is 1. The van der Waals surface area contributed by atoms with Crippen molar-refractivity contribution < 1.29 is 19.0 Å². The van der Waals surface area contributed by atoms with Crippen molar-refractivity contribution in [1.29, 1.82) is 0 Å². The van der Waals surface area contributed by atoms with E-state index in [1.165, 1.54) is 18.7 Å². The van der Waals surface area contributed by atoms with E-state index >= 15 is 0 Å². The minimum absolute atomic E-state index is 0.124. The van der Waals surface area contributed by atoms with E-state index in [1.807, 2.05) is 30.3 Å². The zero-order valence-corrected chi connectivity index (χ0v) is 19.4. The fourth-order valence-electron chi connectivity index (χ4n) is 3.93. The Labute approximate surface area is 196 Å². The third kappa shape index (κ3) is 3.30. The predicted molar refractivity (Wildman–Crippen MR) is 123 cm³/mol. The molecule has 5 rings (SSSR count). The first-order valence-corrected chi connectivity index (χ1v) is 11.6. The molecule has 0 spiro atoms. The first-order chi connectivity index (χ1) is 15.5. The Morgan fingerprint density at radius 1 is 1.38 bits per heavy atom. The van der Waals surface area contributed by atoms with E-state index in [2.05, 4.69) is 27.5 Å². The highest BCUT2D eigenvalue weighted by Crippen LogP contribution is 2.43. The number of rotatable bonds is 4. The standard InChI is InChI=1S/C22H17BrN4O4S/c1-3-8-32-22-24-20(29)19-13-6-4-5-7-16(13)26(12(2)28)21(27(19)25-22)14-9-17-18(10-15(14)23)31-11-30-17/h3-7,9-10,21H,1,8,11H2,2H3/p+1/t21-/m0/s1. The van der Waals surface area contributed by atoms with Gasteiger partial charge in [0.2, 0.25) is 17.9 Å². The monoisotopic (exact) mass is 513 g/mol. The number of aromatic nitrogens is 3. The van der Waals surface area contributed by atoms with Crippen LogP contribution in [0.2, 0.25) is 0 Å². The average molecular weight is 514 g/mol. The molecule has 3 heterocycles. The van der Waals surface area contributed by atoms with Gasteiger partial charge in [0.05, 0.1) is 16.8 Å². The van der Waals surface area contributed by atoms with Gasteiger partial charge < -0.3 is 9.47 Å². The van der Waals surface area contributed by atoms with Crippen LogP contribution in [0.25, 0.3) is 11.3 Å². The number of halogens is 1. The normalized spacial score (nSPS) is 15.8. The Morgan fingerprint density at radius 3 is 2.88 bits per heavy atom. The number of anilines is 1. The molecule has 0 aliphatic carbocycles. The van der Waals surface area contributed by atoms with E-state index in [-0.39, 0.29) is 18.3 Å². The lowest BCUT2D eigenvalue weighted by Gasteiger charge is -2.31. The highest BCUT2D eigenvalue weighted by Gasteiger charge is 2.46. The number of aromatic amines is 1. The number of nitrogens with zero attached hydrogens (tertiary/aromatic N) is 3. The third-order valence-electron chi connectivity index (χ3n) is 5.21. The number of carbonyl (C=O) groups excluding carboxylic acids is 1. The van der Waals surface area contributed by atoms with E-state index < -0.39 is 6.17 Å². The number of carbonyl (C=O) groups is 1. The summed E-state index contributed by atoms with van der Waals surface area (Å²) >= 11 is 4.97. The number of para-hydroxylation sites is 1. The van der Waals surface area contributed by atoms with Gasteiger partial charge in [-0.2, -0.15) is 0 Å². The number of H-pyrrole nitrogens is 1. The molecule has 162 valence electrons. The van der Waals surface area contributed by atoms with Gasteiger partial charge in [0, 0.05) is 22.2 Å². The molecular weight excluding hydrogens is 496 g/mol. The summed E-state index contributed by atoms with van der Waals surface area (Å²) in [4.78, 5) is 30.7. The minimum Gasteiger partial charge on any atom is -0.454 e. The molecule has 2 aliphatic rings. The van der Waals surface area contributed by atoms with Crippen LogP contribution in [0.15, 0.2) is 63.5 Å². The van der Waals surface area contributed by atoms with E-state index in [0.717, 1.165) is 0 Å². The van der Waals surface area contributed by atoms with Gasteiger partial charge in [-0.25, -0.2) is 4.90 Å². The lowest BCUT2D eigenvalue weighted by atomic mass is 10.0. The molecule has 1 aromatic heterocycles. The molecule has 1 amide bonds. The number of thioether (sulfide) groups is 1. The quantitative estimate of drug-likeness (QED) is 0.326. The van der Waals surface area contributed by atoms with Gasteiger partial charge >= 0.3 is 11.3 Å². The second kappa shape index (κ2) is 8.10. The van der Waals surface area contributed by atoms with Crippen molar-refractivity contribution in [2.45, 2.75) is 18.2 Å². The van der Waals surface area contributed by atoms with Crippen LogP contribution < -0.4 is 24.6 Å². The van der Waals surface area contributed by atoms with Crippen LogP contribution in [-0.2, 0) is 4.79 Å². The van der Waals surface area contributed by atoms with E-state index in [4.69, 9.17) is 14.6 Å². The van der Waals surface area contributed by atoms with Crippen LogP contribution in [0.1, 0.15) is 18.7 Å². The molecule has 0 saturated carbocycles. The van der Waals surface area contributed by atoms with Gasteiger partial charge in [0.25, 0.3) is 6.17 Å². The Morgan fingerprint density at radius 2 is 2.12 bits per heavy atom. The molecule has 3 aromatic rings. The fourth-order valence-corrected chi connectivity index (χ4v) is 5.04. The van der Waals surface area contributed by atoms with Gasteiger partial charge in [-0.05, 0) is 28.9 Å². The third-order valence-corrected chi connectivity index (χ3v) is 6.75. The molecule has 2 aromatic carbocycles. The van der Waals surface area contributed by atoms with Crippen LogP contribution in [0.4, 0.5) is 5.69 Å². The number of nitrogens with one attached hydrogen (secondary N) is 1. The van der Waals surface area contributed by atoms with Gasteiger partial charge in [-0.3, -0.25) is 14.6 Å². The van der Waals surface area contributed by atoms with Crippen molar-refractivity contribution in [3.05, 3.63) is 69.4 Å². The van der Waals surface area contributed by atoms with Crippen molar-refractivity contribution in [2.24, 2.45) is 0 Å². The molecule has 1 atom stereocenters. The number of fused-ring (bicyclic) bond motifs is 4. The summed E-state index contributed by atoms with van der Waals surface area (Å²) in [6.07, 6.45) is 1.02. The van der Waals surface area contributed by atoms with Crippen molar-refractivity contribution in [3.8, 4) is 22.8 Å². The molecule has 10 heteroatoms. The zero-order chi connectivity index (χ0) is 22.4. The maximum atomic E-state index is 13.2. The Hall–Kier alpha value is -3.11. The van der Waals surface area contributed by atoms with Gasteiger partial charge in [0.15, 0.2) is 11.5 Å². The maximum Gasteiger partial charge on any atom is 0.325 e. The first-order valence-electron chi connectivity index (χ1n) is 9.77. The lowest BCUT2D eigenvalue weighted by molar-refractivity contribution is -0.763. The Kier molecular flexibility index (Phi) is 5.26. The van der Waals surface area contributed by atoms with Crippen LogP contribution in [-0.4, -0.2) is 28.5 Å². The second-order valence-corrected chi connectivity index (χ2v) is 9.02. The van der Waals surface area contributed by atoms with Crippen LogP contribution in [0.3, 0.4) is 0 Å². The Balaban J connectivity index is 1.82. The molecule has 0 radical (unpaired) electrons. The number of amides is 1. The van der Waals surface area contributed by atoms with Crippen molar-refractivity contribution >= 4 is 39.3 Å². The minimum atomic E-state index is -0.716. The topological polar surface area (TPSA) is 88.4 Å². The van der Waals surface area contributed by atoms with E-state index in [9.17, 15) is 9.59 Å². The highest BCUT2D eigenvalue weighted by molar-refractivity contribution is 9.10. The fraction of sp³-hybridized carbons (Fsp3) is 0.182. The largest absolute Gasteiger partial charge is 0.454 e. The molecular formula is C22H18BrN4O4S+. The highest BCUT2D eigenvalue weighted by atomic mass is 79.9. The summed E-state index contributed by atoms with van der Waals surface area (Å²) in [5, 5.41) is 5.16. The van der Waals surface area contributed by atoms with E-state index in [1.54, 1.807) is 21.7 Å². The smallest absolute Gasteiger partial charge is 0.325 e. The summed E-state index contributed by atoms with van der Waals surface area (Å²) < 4.78 is 13.4. The van der Waals surface area contributed by atoms with Crippen LogP contribution >= 0.6 is 27.7 Å². The number of ether oxygens (including phenoxy) is 2. The Bertz CT molecular complexity index is 1330. The summed E-state index contributed by atoms with van der Waals surface area (Å²) in [5.41, 5.74) is 2.06. The average Bonchev–Trinajstić information content (AvgIpc) is 3.23. The molecule has 0 fully saturated rings. The van der Waals surface area contributed by atoms with Gasteiger partial charge in [-0.1, -0.05) is 45.9 Å². The molecule has 2 aliphatic heterocycles. The lowest BCUT2D eigenvalue weighted by Crippen LogP contribution is -2.60. The van der Waals surface area contributed by atoms with Crippen molar-refractivity contribution in [1.82, 2.24) is 10.1 Å². The summed E-state index contributed by atoms with van der Waals surface area (Å²) in [6, 6.07) is 10.9. The molecule has 0 unspecified atom stereocenters. The number of hydrogen-bond acceptors (Lipinski definition) is 6. The van der Waals surface area contributed by atoms with Gasteiger partial charge in [-0.15, -0.1) is 6.58 Å². The summed E-state index contributed by atoms with van der Waals surface area (Å²) in [7, 11) is 0. The zero-order valence-electron chi connectivity index (χ0n) is 17.0. The summed E-state index contributed by atoms with van der Waals surface area (Å²) in [5.74, 6) is 1.57. The van der Waals surface area contributed by atoms with Crippen LogP contribution in [0, 0.1) is 0 Å². The SMILES string of the molecule is C=CCSc1n[n+]2c(c(=O)[nH]1)-c1ccccc1N(C(C)=O)[C@@H]2c1cc2c(cc1Br)OCO2. The molecule has 1 N–H and O–H groups in total. The molecule has 32 heavy (non-hydrogen) atoms. The van der Waals surface area contributed by atoms with E-state index in [0.29, 0.717) is 49.4 Å². The molecule has 8 nitrogen and oxygen atoms in total.